The molecule has 2 heterocycles. The number of hydrogen-bond donors (Lipinski definition) is 0. The van der Waals surface area contributed by atoms with Crippen molar-refractivity contribution in [1.82, 2.24) is 9.88 Å². The van der Waals surface area contributed by atoms with E-state index in [1.165, 1.54) is 24.3 Å². The highest BCUT2D eigenvalue weighted by Crippen LogP contribution is 2.18. The van der Waals surface area contributed by atoms with E-state index in [0.29, 0.717) is 18.7 Å². The number of benzene rings is 1. The van der Waals surface area contributed by atoms with E-state index in [0.717, 1.165) is 24.5 Å². The molecule has 0 spiro atoms. The van der Waals surface area contributed by atoms with E-state index in [1.807, 2.05) is 19.1 Å². The zero-order valence-electron chi connectivity index (χ0n) is 13.4. The minimum atomic E-state index is -0.469. The van der Waals surface area contributed by atoms with E-state index in [9.17, 15) is 14.9 Å². The topological polar surface area (TPSA) is 79.6 Å². The molecule has 1 aromatic heterocycles. The quantitative estimate of drug-likeness (QED) is 0.638. The molecule has 0 saturated carbocycles. The van der Waals surface area contributed by atoms with Crippen LogP contribution in [0.2, 0.25) is 0 Å². The number of nitro benzene ring substituents is 1. The zero-order valence-corrected chi connectivity index (χ0v) is 13.4. The van der Waals surface area contributed by atoms with E-state index in [4.69, 9.17) is 0 Å². The average Bonchev–Trinajstić information content (AvgIpc) is 2.61. The Kier molecular flexibility index (Phi) is 4.41. The van der Waals surface area contributed by atoms with E-state index in [2.05, 4.69) is 9.88 Å². The lowest BCUT2D eigenvalue weighted by molar-refractivity contribution is -0.384. The van der Waals surface area contributed by atoms with E-state index >= 15 is 0 Å². The van der Waals surface area contributed by atoms with Crippen molar-refractivity contribution in [3.05, 3.63) is 64.0 Å². The molecule has 1 aliphatic rings. The standard InChI is InChI=1S/C17H18N4O3/c1-13-12-16(6-7-18-13)19-8-10-20(11-9-19)17(22)14-2-4-15(5-3-14)21(23)24/h2-7,12H,8-11H2,1H3. The van der Waals surface area contributed by atoms with Gasteiger partial charge in [-0.25, -0.2) is 0 Å². The fraction of sp³-hybridized carbons (Fsp3) is 0.294. The molecule has 2 aromatic rings. The molecule has 1 amide bonds. The minimum Gasteiger partial charge on any atom is -0.368 e. The molecule has 0 unspecified atom stereocenters. The van der Waals surface area contributed by atoms with Crippen LogP contribution in [-0.2, 0) is 0 Å². The maximum Gasteiger partial charge on any atom is 0.269 e. The van der Waals surface area contributed by atoms with Gasteiger partial charge in [0.25, 0.3) is 11.6 Å². The van der Waals surface area contributed by atoms with Gasteiger partial charge in [0, 0.05) is 61.5 Å². The van der Waals surface area contributed by atoms with Gasteiger partial charge in [-0.1, -0.05) is 0 Å². The predicted molar refractivity (Wildman–Crippen MR) is 90.2 cm³/mol. The molecule has 3 rings (SSSR count). The van der Waals surface area contributed by atoms with E-state index in [-0.39, 0.29) is 11.6 Å². The second kappa shape index (κ2) is 6.66. The lowest BCUT2D eigenvalue weighted by atomic mass is 10.1. The summed E-state index contributed by atoms with van der Waals surface area (Å²) in [5.41, 5.74) is 2.56. The van der Waals surface area contributed by atoms with Crippen LogP contribution in [0.25, 0.3) is 0 Å². The van der Waals surface area contributed by atoms with Crippen LogP contribution in [0.4, 0.5) is 11.4 Å². The molecule has 1 aromatic carbocycles. The first-order chi connectivity index (χ1) is 11.5. The number of hydrogen-bond acceptors (Lipinski definition) is 5. The monoisotopic (exact) mass is 326 g/mol. The van der Waals surface area contributed by atoms with E-state index in [1.54, 1.807) is 11.1 Å². The van der Waals surface area contributed by atoms with Gasteiger partial charge in [-0.2, -0.15) is 0 Å². The average molecular weight is 326 g/mol. The van der Waals surface area contributed by atoms with Crippen molar-refractivity contribution in [2.75, 3.05) is 31.1 Å². The first kappa shape index (κ1) is 15.9. The number of aromatic nitrogens is 1. The van der Waals surface area contributed by atoms with Gasteiger partial charge in [-0.15, -0.1) is 0 Å². The second-order valence-electron chi connectivity index (χ2n) is 5.74. The lowest BCUT2D eigenvalue weighted by Crippen LogP contribution is -2.48. The molecule has 7 heteroatoms. The largest absolute Gasteiger partial charge is 0.368 e. The fourth-order valence-electron chi connectivity index (χ4n) is 2.80. The second-order valence-corrected chi connectivity index (χ2v) is 5.74. The fourth-order valence-corrected chi connectivity index (χ4v) is 2.80. The molecule has 124 valence electrons. The van der Waals surface area contributed by atoms with E-state index < -0.39 is 4.92 Å². The van der Waals surface area contributed by atoms with Gasteiger partial charge < -0.3 is 9.80 Å². The van der Waals surface area contributed by atoms with Gasteiger partial charge in [0.1, 0.15) is 0 Å². The third kappa shape index (κ3) is 3.34. The SMILES string of the molecule is Cc1cc(N2CCN(C(=O)c3ccc([N+](=O)[O-])cc3)CC2)ccn1. The summed E-state index contributed by atoms with van der Waals surface area (Å²) in [5, 5.41) is 10.7. The number of amides is 1. The molecule has 0 N–H and O–H groups in total. The molecule has 0 radical (unpaired) electrons. The molecule has 24 heavy (non-hydrogen) atoms. The molecule has 1 saturated heterocycles. The van der Waals surface area contributed by atoms with Crippen molar-refractivity contribution < 1.29 is 9.72 Å². The Bertz CT molecular complexity index is 753. The normalized spacial score (nSPS) is 14.5. The molecular weight excluding hydrogens is 308 g/mol. The molecule has 1 aliphatic heterocycles. The van der Waals surface area contributed by atoms with Crippen molar-refractivity contribution in [2.24, 2.45) is 0 Å². The highest BCUT2D eigenvalue weighted by molar-refractivity contribution is 5.94. The number of carbonyl (C=O) groups is 1. The van der Waals surface area contributed by atoms with Crippen LogP contribution >= 0.6 is 0 Å². The third-order valence-corrected chi connectivity index (χ3v) is 4.14. The Hall–Kier alpha value is -2.96. The Labute approximate surface area is 139 Å². The van der Waals surface area contributed by atoms with Gasteiger partial charge in [0.15, 0.2) is 0 Å². The van der Waals surface area contributed by atoms with Crippen molar-refractivity contribution in [3.8, 4) is 0 Å². The number of piperazine rings is 1. The number of non-ortho nitro benzene ring substituents is 1. The first-order valence-corrected chi connectivity index (χ1v) is 7.76. The van der Waals surface area contributed by atoms with Crippen molar-refractivity contribution >= 4 is 17.3 Å². The summed E-state index contributed by atoms with van der Waals surface area (Å²) in [6.45, 7) is 4.70. The van der Waals surface area contributed by atoms with Gasteiger partial charge in [-0.05, 0) is 31.2 Å². The zero-order chi connectivity index (χ0) is 17.1. The molecule has 0 aliphatic carbocycles. The van der Waals surface area contributed by atoms with Crippen LogP contribution < -0.4 is 4.90 Å². The molecule has 7 nitrogen and oxygen atoms in total. The smallest absolute Gasteiger partial charge is 0.269 e. The van der Waals surface area contributed by atoms with Crippen LogP contribution in [0, 0.1) is 17.0 Å². The number of aryl methyl sites for hydroxylation is 1. The third-order valence-electron chi connectivity index (χ3n) is 4.14. The number of pyridine rings is 1. The van der Waals surface area contributed by atoms with Crippen molar-refractivity contribution in [2.45, 2.75) is 6.92 Å². The van der Waals surface area contributed by atoms with Crippen LogP contribution in [0.3, 0.4) is 0 Å². The van der Waals surface area contributed by atoms with Crippen LogP contribution in [-0.4, -0.2) is 46.9 Å². The summed E-state index contributed by atoms with van der Waals surface area (Å²) >= 11 is 0. The number of nitrogens with zero attached hydrogens (tertiary/aromatic N) is 4. The number of carbonyl (C=O) groups excluding carboxylic acids is 1. The van der Waals surface area contributed by atoms with Crippen LogP contribution in [0.1, 0.15) is 16.1 Å². The summed E-state index contributed by atoms with van der Waals surface area (Å²) in [6.07, 6.45) is 1.79. The highest BCUT2D eigenvalue weighted by Gasteiger charge is 2.22. The highest BCUT2D eigenvalue weighted by atomic mass is 16.6. The Balaban J connectivity index is 1.63. The summed E-state index contributed by atoms with van der Waals surface area (Å²) < 4.78 is 0. The molecule has 0 atom stereocenters. The minimum absolute atomic E-state index is 0.00979. The van der Waals surface area contributed by atoms with Gasteiger partial charge in [-0.3, -0.25) is 19.9 Å². The molecule has 1 fully saturated rings. The van der Waals surface area contributed by atoms with Crippen molar-refractivity contribution in [1.29, 1.82) is 0 Å². The number of nitro groups is 1. The maximum absolute atomic E-state index is 12.5. The summed E-state index contributed by atoms with van der Waals surface area (Å²) in [7, 11) is 0. The van der Waals surface area contributed by atoms with Crippen molar-refractivity contribution in [3.63, 3.8) is 0 Å². The van der Waals surface area contributed by atoms with Crippen LogP contribution in [0.5, 0.6) is 0 Å². The summed E-state index contributed by atoms with van der Waals surface area (Å²) in [6, 6.07) is 9.76. The lowest BCUT2D eigenvalue weighted by Gasteiger charge is -2.36. The maximum atomic E-state index is 12.5. The number of rotatable bonds is 3. The molecular formula is C17H18N4O3. The Morgan fingerprint density at radius 1 is 1.12 bits per heavy atom. The van der Waals surface area contributed by atoms with Gasteiger partial charge in [0.2, 0.25) is 0 Å². The Morgan fingerprint density at radius 2 is 1.79 bits per heavy atom. The first-order valence-electron chi connectivity index (χ1n) is 7.76. The number of anilines is 1. The Morgan fingerprint density at radius 3 is 2.38 bits per heavy atom. The molecule has 0 bridgehead atoms. The predicted octanol–water partition coefficient (Wildman–Crippen LogP) is 2.26. The summed E-state index contributed by atoms with van der Waals surface area (Å²) in [4.78, 5) is 30.9. The van der Waals surface area contributed by atoms with Gasteiger partial charge >= 0.3 is 0 Å². The van der Waals surface area contributed by atoms with Gasteiger partial charge in [0.05, 0.1) is 4.92 Å². The summed E-state index contributed by atoms with van der Waals surface area (Å²) in [5.74, 6) is -0.0875. The van der Waals surface area contributed by atoms with Crippen LogP contribution in [0.15, 0.2) is 42.6 Å².